The highest BCUT2D eigenvalue weighted by Gasteiger charge is 2.26. The molecule has 0 unspecified atom stereocenters. The Bertz CT molecular complexity index is 248. The third-order valence-electron chi connectivity index (χ3n) is 2.88. The molecule has 0 bridgehead atoms. The number of aliphatic imine (C=N–C) groups is 1. The molecule has 3 nitrogen and oxygen atoms in total. The van der Waals surface area contributed by atoms with E-state index in [1.165, 1.54) is 12.8 Å². The molecule has 0 spiro atoms. The number of nitrogens with zero attached hydrogens (tertiary/aromatic N) is 1. The van der Waals surface area contributed by atoms with E-state index in [-0.39, 0.29) is 42.5 Å². The third kappa shape index (κ3) is 8.82. The topological polar surface area (TPSA) is 50.4 Å². The molecule has 0 atom stereocenters. The van der Waals surface area contributed by atoms with Gasteiger partial charge < -0.3 is 11.1 Å². The summed E-state index contributed by atoms with van der Waals surface area (Å²) in [6, 6.07) is 0.270. The van der Waals surface area contributed by atoms with Crippen molar-refractivity contribution in [3.8, 4) is 0 Å². The highest BCUT2D eigenvalue weighted by Crippen LogP contribution is 2.19. The lowest BCUT2D eigenvalue weighted by Crippen LogP contribution is -2.40. The van der Waals surface area contributed by atoms with Crippen LogP contribution in [0.3, 0.4) is 0 Å². The van der Waals surface area contributed by atoms with Crippen LogP contribution in [0.4, 0.5) is 13.2 Å². The van der Waals surface area contributed by atoms with Crippen LogP contribution < -0.4 is 11.1 Å². The molecule has 1 aliphatic rings. The third-order valence-corrected chi connectivity index (χ3v) is 2.88. The van der Waals surface area contributed by atoms with Crippen LogP contribution in [0.25, 0.3) is 0 Å². The van der Waals surface area contributed by atoms with Gasteiger partial charge in [0.25, 0.3) is 0 Å². The summed E-state index contributed by atoms with van der Waals surface area (Å²) in [5.41, 5.74) is 5.56. The van der Waals surface area contributed by atoms with E-state index in [4.69, 9.17) is 5.73 Å². The summed E-state index contributed by atoms with van der Waals surface area (Å²) in [4.78, 5) is 3.70. The Balaban J connectivity index is 0.00000289. The van der Waals surface area contributed by atoms with E-state index in [9.17, 15) is 13.2 Å². The molecule has 18 heavy (non-hydrogen) atoms. The minimum absolute atomic E-state index is 0. The Morgan fingerprint density at radius 2 is 1.72 bits per heavy atom. The van der Waals surface area contributed by atoms with Crippen molar-refractivity contribution in [2.24, 2.45) is 10.7 Å². The fraction of sp³-hybridized carbons (Fsp3) is 0.909. The Morgan fingerprint density at radius 1 is 1.17 bits per heavy atom. The summed E-state index contributed by atoms with van der Waals surface area (Å²) < 4.78 is 35.7. The van der Waals surface area contributed by atoms with E-state index in [1.54, 1.807) is 0 Å². The maximum atomic E-state index is 11.9. The van der Waals surface area contributed by atoms with Crippen molar-refractivity contribution in [1.82, 2.24) is 5.32 Å². The summed E-state index contributed by atoms with van der Waals surface area (Å²) in [6.07, 6.45) is 1.71. The molecule has 1 saturated carbocycles. The van der Waals surface area contributed by atoms with Crippen molar-refractivity contribution in [3.63, 3.8) is 0 Å². The minimum atomic E-state index is -4.16. The Hall–Kier alpha value is -0.210. The second-order valence-electron chi connectivity index (χ2n) is 4.46. The molecule has 0 aromatic heterocycles. The number of nitrogens with one attached hydrogen (secondary N) is 1. The largest absolute Gasteiger partial charge is 0.390 e. The van der Waals surface area contributed by atoms with E-state index in [1.807, 2.05) is 0 Å². The quantitative estimate of drug-likeness (QED) is 0.343. The molecular weight excluding hydrogens is 358 g/mol. The maximum Gasteiger partial charge on any atom is 0.390 e. The number of halogens is 4. The average Bonchev–Trinajstić information content (AvgIpc) is 2.44. The maximum absolute atomic E-state index is 11.9. The second kappa shape index (κ2) is 8.82. The van der Waals surface area contributed by atoms with Gasteiger partial charge in [-0.2, -0.15) is 13.2 Å². The predicted molar refractivity (Wildman–Crippen MR) is 77.2 cm³/mol. The van der Waals surface area contributed by atoms with Crippen LogP contribution in [0.1, 0.15) is 44.9 Å². The first-order valence-electron chi connectivity index (χ1n) is 6.10. The van der Waals surface area contributed by atoms with Crippen molar-refractivity contribution in [1.29, 1.82) is 0 Å². The van der Waals surface area contributed by atoms with Gasteiger partial charge in [-0.15, -0.1) is 24.0 Å². The second-order valence-corrected chi connectivity index (χ2v) is 4.46. The molecule has 0 heterocycles. The lowest BCUT2D eigenvalue weighted by Gasteiger charge is -2.16. The molecule has 7 heteroatoms. The van der Waals surface area contributed by atoms with Crippen LogP contribution in [-0.2, 0) is 0 Å². The first-order valence-corrected chi connectivity index (χ1v) is 6.10. The van der Waals surface area contributed by atoms with Gasteiger partial charge in [-0.25, -0.2) is 0 Å². The molecule has 3 N–H and O–H groups in total. The molecular formula is C11H21F3IN3. The van der Waals surface area contributed by atoms with E-state index < -0.39 is 12.6 Å². The summed E-state index contributed by atoms with van der Waals surface area (Å²) in [7, 11) is 0. The van der Waals surface area contributed by atoms with Gasteiger partial charge in [0.2, 0.25) is 0 Å². The summed E-state index contributed by atoms with van der Waals surface area (Å²) in [5, 5.41) is 3.01. The molecule has 0 aromatic rings. The Morgan fingerprint density at radius 3 is 2.22 bits per heavy atom. The highest BCUT2D eigenvalue weighted by molar-refractivity contribution is 14.0. The molecule has 1 rings (SSSR count). The summed E-state index contributed by atoms with van der Waals surface area (Å²) in [5.74, 6) is 0.140. The van der Waals surface area contributed by atoms with Crippen LogP contribution in [-0.4, -0.2) is 24.7 Å². The van der Waals surface area contributed by atoms with Gasteiger partial charge in [0.05, 0.1) is 13.0 Å². The fourth-order valence-electron chi connectivity index (χ4n) is 1.98. The van der Waals surface area contributed by atoms with E-state index >= 15 is 0 Å². The van der Waals surface area contributed by atoms with E-state index in [0.29, 0.717) is 0 Å². The molecule has 108 valence electrons. The number of nitrogens with two attached hydrogens (primary N) is 1. The van der Waals surface area contributed by atoms with Gasteiger partial charge >= 0.3 is 6.18 Å². The van der Waals surface area contributed by atoms with Gasteiger partial charge in [-0.1, -0.05) is 25.7 Å². The first-order chi connectivity index (χ1) is 7.97. The van der Waals surface area contributed by atoms with Crippen molar-refractivity contribution in [3.05, 3.63) is 0 Å². The van der Waals surface area contributed by atoms with Crippen molar-refractivity contribution < 1.29 is 13.2 Å². The summed E-state index contributed by atoms with van der Waals surface area (Å²) in [6.45, 7) is -0.297. The van der Waals surface area contributed by atoms with Gasteiger partial charge in [-0.3, -0.25) is 4.99 Å². The average molecular weight is 379 g/mol. The molecule has 0 radical (unpaired) electrons. The van der Waals surface area contributed by atoms with Crippen molar-refractivity contribution in [2.45, 2.75) is 57.2 Å². The van der Waals surface area contributed by atoms with Crippen molar-refractivity contribution >= 4 is 29.9 Å². The lowest BCUT2D eigenvalue weighted by atomic mass is 10.1. The summed E-state index contributed by atoms with van der Waals surface area (Å²) >= 11 is 0. The van der Waals surface area contributed by atoms with E-state index in [2.05, 4.69) is 10.3 Å². The number of rotatable bonds is 3. The van der Waals surface area contributed by atoms with E-state index in [0.717, 1.165) is 25.7 Å². The Kier molecular flexibility index (Phi) is 8.71. The predicted octanol–water partition coefficient (Wildman–Crippen LogP) is 3.18. The van der Waals surface area contributed by atoms with Crippen LogP contribution in [0.15, 0.2) is 4.99 Å². The highest BCUT2D eigenvalue weighted by atomic mass is 127. The fourth-order valence-corrected chi connectivity index (χ4v) is 1.98. The smallest absolute Gasteiger partial charge is 0.370 e. The number of hydrogen-bond donors (Lipinski definition) is 2. The van der Waals surface area contributed by atoms with Crippen LogP contribution in [0.5, 0.6) is 0 Å². The monoisotopic (exact) mass is 379 g/mol. The van der Waals surface area contributed by atoms with Gasteiger partial charge in [-0.05, 0) is 12.8 Å². The zero-order valence-corrected chi connectivity index (χ0v) is 12.6. The molecule has 0 aromatic carbocycles. The van der Waals surface area contributed by atoms with Crippen LogP contribution in [0, 0.1) is 0 Å². The minimum Gasteiger partial charge on any atom is -0.370 e. The van der Waals surface area contributed by atoms with Crippen molar-refractivity contribution in [2.75, 3.05) is 6.54 Å². The Labute approximate surface area is 123 Å². The molecule has 1 aliphatic carbocycles. The zero-order valence-electron chi connectivity index (χ0n) is 10.3. The molecule has 1 fully saturated rings. The van der Waals surface area contributed by atoms with Crippen LogP contribution in [0.2, 0.25) is 0 Å². The number of guanidine groups is 1. The van der Waals surface area contributed by atoms with Gasteiger partial charge in [0, 0.05) is 6.04 Å². The number of hydrogen-bond acceptors (Lipinski definition) is 1. The standard InChI is InChI=1S/C11H20F3N3.HI/c12-11(13,14)7-8-16-10(15)17-9-5-3-1-2-4-6-9;/h9H,1-8H2,(H3,15,16,17);1H. The van der Waals surface area contributed by atoms with Gasteiger partial charge in [0.15, 0.2) is 5.96 Å². The SMILES string of the molecule is I.NC(=NCCC(F)(F)F)NC1CCCCCC1. The molecule has 0 amide bonds. The number of alkyl halides is 3. The first kappa shape index (κ1) is 17.8. The molecule has 0 aliphatic heterocycles. The van der Waals surface area contributed by atoms with Gasteiger partial charge in [0.1, 0.15) is 0 Å². The zero-order chi connectivity index (χ0) is 12.7. The lowest BCUT2D eigenvalue weighted by molar-refractivity contribution is -0.132. The molecule has 0 saturated heterocycles. The van der Waals surface area contributed by atoms with Crippen LogP contribution >= 0.6 is 24.0 Å². The normalized spacial score (nSPS) is 18.9.